The molecule has 3 aromatic heterocycles. The number of aromatic hydroxyl groups is 1. The first kappa shape index (κ1) is 16.3. The molecule has 0 amide bonds. The molecule has 8 nitrogen and oxygen atoms in total. The lowest BCUT2D eigenvalue weighted by Crippen LogP contribution is -2.06. The summed E-state index contributed by atoms with van der Waals surface area (Å²) in [6.45, 7) is 2.81. The van der Waals surface area contributed by atoms with Crippen LogP contribution in [0.15, 0.2) is 18.3 Å². The molecule has 0 unspecified atom stereocenters. The van der Waals surface area contributed by atoms with Crippen molar-refractivity contribution in [1.82, 2.24) is 24.5 Å². The lowest BCUT2D eigenvalue weighted by molar-refractivity contribution is 0.286. The highest BCUT2D eigenvalue weighted by molar-refractivity contribution is 6.30. The maximum absolute atomic E-state index is 10.1. The number of fused-ring (bicyclic) bond motifs is 1. The van der Waals surface area contributed by atoms with Gasteiger partial charge in [-0.3, -0.25) is 4.57 Å². The van der Waals surface area contributed by atoms with Gasteiger partial charge in [0.2, 0.25) is 0 Å². The number of nitrogens with two attached hydrogens (primary N) is 1. The summed E-state index contributed by atoms with van der Waals surface area (Å²) >= 11 is 6.08. The highest BCUT2D eigenvalue weighted by Crippen LogP contribution is 2.26. The largest absolute Gasteiger partial charge is 0.480 e. The van der Waals surface area contributed by atoms with E-state index in [1.807, 2.05) is 6.07 Å². The Bertz CT molecular complexity index is 867. The molecule has 3 aromatic rings. The summed E-state index contributed by atoms with van der Waals surface area (Å²) in [6.07, 6.45) is 3.48. The Balaban J connectivity index is 2.00. The highest BCUT2D eigenvalue weighted by atomic mass is 35.5. The van der Waals surface area contributed by atoms with Gasteiger partial charge >= 0.3 is 6.01 Å². The third-order valence-corrected chi connectivity index (χ3v) is 3.82. The average molecular weight is 349 g/mol. The maximum atomic E-state index is 10.1. The van der Waals surface area contributed by atoms with Crippen molar-refractivity contribution in [2.45, 2.75) is 26.3 Å². The van der Waals surface area contributed by atoms with Crippen LogP contribution in [-0.4, -0.2) is 36.2 Å². The van der Waals surface area contributed by atoms with E-state index in [9.17, 15) is 5.11 Å². The molecule has 3 rings (SSSR count). The summed E-state index contributed by atoms with van der Waals surface area (Å²) in [5, 5.41) is 10.5. The van der Waals surface area contributed by atoms with Crippen LogP contribution in [0.5, 0.6) is 12.0 Å². The molecule has 9 heteroatoms. The average Bonchev–Trinajstić information content (AvgIpc) is 2.87. The molecule has 0 radical (unpaired) electrons. The molecule has 0 aliphatic heterocycles. The van der Waals surface area contributed by atoms with Crippen LogP contribution in [0, 0.1) is 0 Å². The summed E-state index contributed by atoms with van der Waals surface area (Å²) in [6, 6.07) is 3.51. The number of hydrogen-bond acceptors (Lipinski definition) is 7. The normalized spacial score (nSPS) is 11.1. The Morgan fingerprint density at radius 3 is 2.92 bits per heavy atom. The molecule has 0 atom stereocenters. The van der Waals surface area contributed by atoms with Gasteiger partial charge in [-0.1, -0.05) is 31.0 Å². The van der Waals surface area contributed by atoms with Crippen molar-refractivity contribution < 1.29 is 9.84 Å². The van der Waals surface area contributed by atoms with Crippen LogP contribution in [-0.2, 0) is 6.54 Å². The topological polar surface area (TPSA) is 112 Å². The summed E-state index contributed by atoms with van der Waals surface area (Å²) < 4.78 is 7.00. The first-order valence-electron chi connectivity index (χ1n) is 7.55. The molecular weight excluding hydrogens is 332 g/mol. The molecule has 0 saturated carbocycles. The predicted octanol–water partition coefficient (Wildman–Crippen LogP) is 2.39. The van der Waals surface area contributed by atoms with Gasteiger partial charge in [-0.25, -0.2) is 4.98 Å². The van der Waals surface area contributed by atoms with Crippen LogP contribution in [0.1, 0.15) is 25.3 Å². The van der Waals surface area contributed by atoms with Gasteiger partial charge in [0.15, 0.2) is 17.0 Å². The number of anilines is 1. The second kappa shape index (κ2) is 6.88. The van der Waals surface area contributed by atoms with E-state index in [1.165, 1.54) is 4.57 Å². The highest BCUT2D eigenvalue weighted by Gasteiger charge is 2.18. The first-order chi connectivity index (χ1) is 11.6. The van der Waals surface area contributed by atoms with E-state index < -0.39 is 0 Å². The zero-order valence-electron chi connectivity index (χ0n) is 13.1. The molecule has 0 saturated heterocycles. The molecule has 3 heterocycles. The predicted molar refractivity (Wildman–Crippen MR) is 90.2 cm³/mol. The number of ether oxygens (including phenoxy) is 1. The van der Waals surface area contributed by atoms with Crippen LogP contribution < -0.4 is 10.5 Å². The maximum Gasteiger partial charge on any atom is 0.320 e. The smallest absolute Gasteiger partial charge is 0.320 e. The third-order valence-electron chi connectivity index (χ3n) is 3.47. The van der Waals surface area contributed by atoms with E-state index in [1.54, 1.807) is 12.3 Å². The number of halogens is 1. The number of aromatic nitrogens is 5. The van der Waals surface area contributed by atoms with Crippen molar-refractivity contribution in [3.8, 4) is 12.0 Å². The molecule has 0 spiro atoms. The van der Waals surface area contributed by atoms with Crippen LogP contribution in [0.25, 0.3) is 11.2 Å². The summed E-state index contributed by atoms with van der Waals surface area (Å²) in [5.74, 6) is 0.151. The minimum absolute atomic E-state index is 0.151. The second-order valence-corrected chi connectivity index (χ2v) is 5.57. The van der Waals surface area contributed by atoms with Crippen molar-refractivity contribution in [3.05, 3.63) is 29.0 Å². The quantitative estimate of drug-likeness (QED) is 0.519. The molecule has 0 aromatic carbocycles. The Kier molecular flexibility index (Phi) is 4.66. The minimum Gasteiger partial charge on any atom is -0.480 e. The van der Waals surface area contributed by atoms with E-state index in [2.05, 4.69) is 26.9 Å². The fourth-order valence-electron chi connectivity index (χ4n) is 2.22. The Morgan fingerprint density at radius 1 is 1.33 bits per heavy atom. The zero-order chi connectivity index (χ0) is 17.1. The molecule has 0 bridgehead atoms. The van der Waals surface area contributed by atoms with E-state index in [-0.39, 0.29) is 24.4 Å². The number of unbranched alkanes of at least 4 members (excludes halogenated alkanes) is 1. The van der Waals surface area contributed by atoms with Gasteiger partial charge in [-0.15, -0.1) is 0 Å². The number of nitrogens with zero attached hydrogens (tertiary/aromatic N) is 5. The van der Waals surface area contributed by atoms with Crippen LogP contribution in [0.4, 0.5) is 5.82 Å². The number of hydrogen-bond donors (Lipinski definition) is 2. The van der Waals surface area contributed by atoms with E-state index in [4.69, 9.17) is 22.1 Å². The van der Waals surface area contributed by atoms with Crippen molar-refractivity contribution >= 4 is 28.6 Å². The van der Waals surface area contributed by atoms with Crippen LogP contribution >= 0.6 is 11.6 Å². The van der Waals surface area contributed by atoms with Gasteiger partial charge < -0.3 is 15.6 Å². The molecule has 0 aliphatic rings. The van der Waals surface area contributed by atoms with E-state index in [0.717, 1.165) is 18.4 Å². The van der Waals surface area contributed by atoms with Gasteiger partial charge in [0.05, 0.1) is 13.2 Å². The van der Waals surface area contributed by atoms with Crippen molar-refractivity contribution in [2.24, 2.45) is 0 Å². The van der Waals surface area contributed by atoms with E-state index >= 15 is 0 Å². The van der Waals surface area contributed by atoms with Crippen LogP contribution in [0.3, 0.4) is 0 Å². The summed E-state index contributed by atoms with van der Waals surface area (Å²) in [7, 11) is 0. The number of pyridine rings is 1. The van der Waals surface area contributed by atoms with Crippen molar-refractivity contribution in [3.63, 3.8) is 0 Å². The fourth-order valence-corrected chi connectivity index (χ4v) is 2.39. The molecule has 3 N–H and O–H groups in total. The SMILES string of the molecule is CCCCOc1nc(N)c2nc(O)n(Cc3cccnc3Cl)c2n1. The number of imidazole rings is 1. The molecule has 0 fully saturated rings. The molecular formula is C15H17ClN6O2. The van der Waals surface area contributed by atoms with Gasteiger partial charge in [-0.05, 0) is 12.5 Å². The van der Waals surface area contributed by atoms with Gasteiger partial charge in [-0.2, -0.15) is 15.0 Å². The van der Waals surface area contributed by atoms with Crippen LogP contribution in [0.2, 0.25) is 5.15 Å². The Labute approximate surface area is 143 Å². The first-order valence-corrected chi connectivity index (χ1v) is 7.92. The Hall–Kier alpha value is -2.61. The summed E-state index contributed by atoms with van der Waals surface area (Å²) in [4.78, 5) is 16.4. The van der Waals surface area contributed by atoms with E-state index in [0.29, 0.717) is 22.9 Å². The van der Waals surface area contributed by atoms with Gasteiger partial charge in [0.25, 0.3) is 6.01 Å². The lowest BCUT2D eigenvalue weighted by atomic mass is 10.3. The van der Waals surface area contributed by atoms with Gasteiger partial charge in [0, 0.05) is 11.8 Å². The lowest BCUT2D eigenvalue weighted by Gasteiger charge is -2.08. The fraction of sp³-hybridized carbons (Fsp3) is 0.333. The molecule has 0 aliphatic carbocycles. The monoisotopic (exact) mass is 348 g/mol. The standard InChI is InChI=1S/C15H17ClN6O2/c1-2-3-7-24-14-20-12(17)10-13(21-14)22(15(23)19-10)8-9-5-4-6-18-11(9)16/h4-6H,2-3,7-8H2,1H3,(H,19,23)(H2,17,20,21). The molecule has 126 valence electrons. The van der Waals surface area contributed by atoms with Crippen molar-refractivity contribution in [1.29, 1.82) is 0 Å². The summed E-state index contributed by atoms with van der Waals surface area (Å²) in [5.41, 5.74) is 7.33. The number of rotatable bonds is 6. The Morgan fingerprint density at radius 2 is 2.17 bits per heavy atom. The third kappa shape index (κ3) is 3.18. The zero-order valence-corrected chi connectivity index (χ0v) is 13.9. The van der Waals surface area contributed by atoms with Crippen molar-refractivity contribution in [2.75, 3.05) is 12.3 Å². The molecule has 24 heavy (non-hydrogen) atoms. The number of nitrogen functional groups attached to an aromatic ring is 1. The second-order valence-electron chi connectivity index (χ2n) is 5.22. The minimum atomic E-state index is -0.225. The van der Waals surface area contributed by atoms with Gasteiger partial charge in [0.1, 0.15) is 5.15 Å².